The summed E-state index contributed by atoms with van der Waals surface area (Å²) >= 11 is 6.02. The molecule has 0 unspecified atom stereocenters. The molecule has 3 aromatic carbocycles. The summed E-state index contributed by atoms with van der Waals surface area (Å²) in [4.78, 5) is 38.5. The van der Waals surface area contributed by atoms with E-state index >= 15 is 0 Å². The highest BCUT2D eigenvalue weighted by Crippen LogP contribution is 2.21. The van der Waals surface area contributed by atoms with Gasteiger partial charge in [0.2, 0.25) is 11.7 Å². The van der Waals surface area contributed by atoms with Gasteiger partial charge >= 0.3 is 0 Å². The number of amides is 1. The van der Waals surface area contributed by atoms with Crippen molar-refractivity contribution < 1.29 is 14.4 Å². The van der Waals surface area contributed by atoms with Crippen molar-refractivity contribution in [1.29, 1.82) is 0 Å². The fourth-order valence-corrected chi connectivity index (χ4v) is 3.66. The van der Waals surface area contributed by atoms with Gasteiger partial charge in [-0.15, -0.1) is 0 Å². The maximum absolute atomic E-state index is 13.1. The number of nitrogens with one attached hydrogen (secondary N) is 2. The van der Waals surface area contributed by atoms with Crippen LogP contribution < -0.4 is 10.6 Å². The molecule has 5 nitrogen and oxygen atoms in total. The van der Waals surface area contributed by atoms with E-state index in [1.54, 1.807) is 48.5 Å². The highest BCUT2D eigenvalue weighted by molar-refractivity contribution is 6.31. The minimum atomic E-state index is -0.783. The summed E-state index contributed by atoms with van der Waals surface area (Å²) in [5.41, 5.74) is 2.25. The molecule has 2 N–H and O–H groups in total. The number of halogens is 1. The molecular formula is C25H19ClN2O3. The van der Waals surface area contributed by atoms with Gasteiger partial charge in [0.1, 0.15) is 6.04 Å². The number of anilines is 1. The second-order valence-corrected chi connectivity index (χ2v) is 7.62. The molecule has 0 saturated carbocycles. The van der Waals surface area contributed by atoms with Crippen molar-refractivity contribution >= 4 is 34.8 Å². The van der Waals surface area contributed by atoms with E-state index in [1.807, 2.05) is 30.3 Å². The largest absolute Gasteiger partial charge is 0.370 e. The van der Waals surface area contributed by atoms with Gasteiger partial charge in [-0.05, 0) is 23.8 Å². The number of benzene rings is 3. The number of Topliss-reactive ketones (excluding diaryl/α,β-unsaturated/α-hetero) is 1. The Hall–Kier alpha value is -3.70. The lowest BCUT2D eigenvalue weighted by atomic mass is 9.92. The zero-order chi connectivity index (χ0) is 21.8. The molecule has 0 radical (unpaired) electrons. The lowest BCUT2D eigenvalue weighted by Gasteiger charge is -2.23. The SMILES string of the molecule is O=C1C=C(N[C@H](Cc2ccccc2)C(=O)Nc2cccc(Cl)c2)C(=O)c2ccccc21. The molecular weight excluding hydrogens is 412 g/mol. The van der Waals surface area contributed by atoms with Crippen molar-refractivity contribution in [2.75, 3.05) is 5.32 Å². The topological polar surface area (TPSA) is 75.3 Å². The summed E-state index contributed by atoms with van der Waals surface area (Å²) in [5, 5.41) is 6.33. The Bertz CT molecular complexity index is 1190. The van der Waals surface area contributed by atoms with E-state index < -0.39 is 6.04 Å². The van der Waals surface area contributed by atoms with Crippen molar-refractivity contribution in [1.82, 2.24) is 5.32 Å². The van der Waals surface area contributed by atoms with Crippen LogP contribution in [0.1, 0.15) is 26.3 Å². The first-order valence-corrected chi connectivity index (χ1v) is 10.2. The lowest BCUT2D eigenvalue weighted by Crippen LogP contribution is -2.44. The van der Waals surface area contributed by atoms with Crippen LogP contribution in [-0.4, -0.2) is 23.5 Å². The molecule has 31 heavy (non-hydrogen) atoms. The van der Waals surface area contributed by atoms with Crippen LogP contribution in [0.4, 0.5) is 5.69 Å². The summed E-state index contributed by atoms with van der Waals surface area (Å²) in [5.74, 6) is -0.929. The van der Waals surface area contributed by atoms with Crippen molar-refractivity contribution in [3.05, 3.63) is 112 Å². The minimum absolute atomic E-state index is 0.103. The monoisotopic (exact) mass is 430 g/mol. The molecule has 0 aliphatic heterocycles. The zero-order valence-corrected chi connectivity index (χ0v) is 17.2. The van der Waals surface area contributed by atoms with Gasteiger partial charge in [0.15, 0.2) is 5.78 Å². The molecule has 6 heteroatoms. The fourth-order valence-electron chi connectivity index (χ4n) is 3.47. The molecule has 0 saturated heterocycles. The molecule has 0 bridgehead atoms. The summed E-state index contributed by atoms with van der Waals surface area (Å²) in [7, 11) is 0. The van der Waals surface area contributed by atoms with Gasteiger partial charge < -0.3 is 10.6 Å². The Morgan fingerprint density at radius 1 is 0.871 bits per heavy atom. The maximum Gasteiger partial charge on any atom is 0.247 e. The van der Waals surface area contributed by atoms with E-state index in [-0.39, 0.29) is 23.2 Å². The zero-order valence-electron chi connectivity index (χ0n) is 16.5. The number of ketones is 2. The van der Waals surface area contributed by atoms with E-state index in [0.29, 0.717) is 28.3 Å². The Morgan fingerprint density at radius 3 is 2.32 bits per heavy atom. The first kappa shape index (κ1) is 20.6. The van der Waals surface area contributed by atoms with Crippen LogP contribution in [0.25, 0.3) is 0 Å². The summed E-state index contributed by atoms with van der Waals surface area (Å²) in [6.45, 7) is 0. The Balaban J connectivity index is 1.61. The second-order valence-electron chi connectivity index (χ2n) is 7.18. The molecule has 0 fully saturated rings. The van der Waals surface area contributed by atoms with Crippen LogP contribution in [-0.2, 0) is 11.2 Å². The van der Waals surface area contributed by atoms with Crippen LogP contribution in [0.15, 0.2) is 90.6 Å². The number of allylic oxidation sites excluding steroid dienone is 2. The van der Waals surface area contributed by atoms with Crippen LogP contribution in [0.3, 0.4) is 0 Å². The van der Waals surface area contributed by atoms with E-state index in [2.05, 4.69) is 10.6 Å². The average Bonchev–Trinajstić information content (AvgIpc) is 2.77. The number of hydrogen-bond acceptors (Lipinski definition) is 4. The summed E-state index contributed by atoms with van der Waals surface area (Å²) < 4.78 is 0. The fraction of sp³-hybridized carbons (Fsp3) is 0.0800. The quantitative estimate of drug-likeness (QED) is 0.606. The highest BCUT2D eigenvalue weighted by atomic mass is 35.5. The Kier molecular flexibility index (Phi) is 5.96. The average molecular weight is 431 g/mol. The second kappa shape index (κ2) is 8.98. The summed E-state index contributed by atoms with van der Waals surface area (Å²) in [6.07, 6.45) is 1.59. The predicted molar refractivity (Wildman–Crippen MR) is 120 cm³/mol. The number of fused-ring (bicyclic) bond motifs is 1. The van der Waals surface area contributed by atoms with E-state index in [1.165, 1.54) is 6.08 Å². The third-order valence-corrected chi connectivity index (χ3v) is 5.21. The Labute approximate surface area is 184 Å². The van der Waals surface area contributed by atoms with Gasteiger partial charge in [-0.25, -0.2) is 0 Å². The third kappa shape index (κ3) is 4.73. The van der Waals surface area contributed by atoms with Gasteiger partial charge in [-0.3, -0.25) is 14.4 Å². The van der Waals surface area contributed by atoms with Crippen LogP contribution >= 0.6 is 11.6 Å². The number of carbonyl (C=O) groups excluding carboxylic acids is 3. The summed E-state index contributed by atoms with van der Waals surface area (Å²) in [6, 6.07) is 22.2. The van der Waals surface area contributed by atoms with E-state index in [9.17, 15) is 14.4 Å². The highest BCUT2D eigenvalue weighted by Gasteiger charge is 2.29. The van der Waals surface area contributed by atoms with E-state index in [0.717, 1.165) is 5.56 Å². The molecule has 3 aromatic rings. The Morgan fingerprint density at radius 2 is 1.58 bits per heavy atom. The first-order valence-electron chi connectivity index (χ1n) is 9.78. The van der Waals surface area contributed by atoms with Crippen molar-refractivity contribution in [2.45, 2.75) is 12.5 Å². The molecule has 0 heterocycles. The van der Waals surface area contributed by atoms with Crippen molar-refractivity contribution in [3.8, 4) is 0 Å². The van der Waals surface area contributed by atoms with E-state index in [4.69, 9.17) is 11.6 Å². The van der Waals surface area contributed by atoms with Crippen molar-refractivity contribution in [3.63, 3.8) is 0 Å². The number of carbonyl (C=O) groups is 3. The van der Waals surface area contributed by atoms with Gasteiger partial charge in [0.25, 0.3) is 0 Å². The standard InChI is InChI=1S/C25H19ClN2O3/c26-17-9-6-10-18(14-17)27-25(31)22(13-16-7-2-1-3-8-16)28-21-15-23(29)19-11-4-5-12-20(19)24(21)30/h1-12,14-15,22,28H,13H2,(H,27,31)/t22-/m1/s1. The molecule has 0 aromatic heterocycles. The van der Waals surface area contributed by atoms with Gasteiger partial charge in [-0.1, -0.05) is 72.3 Å². The third-order valence-electron chi connectivity index (χ3n) is 4.98. The first-order chi connectivity index (χ1) is 15.0. The predicted octanol–water partition coefficient (Wildman–Crippen LogP) is 4.44. The van der Waals surface area contributed by atoms with Crippen LogP contribution in [0.5, 0.6) is 0 Å². The van der Waals surface area contributed by atoms with Crippen LogP contribution in [0, 0.1) is 0 Å². The van der Waals surface area contributed by atoms with Gasteiger partial charge in [0.05, 0.1) is 5.70 Å². The molecule has 1 atom stereocenters. The van der Waals surface area contributed by atoms with Gasteiger partial charge in [0, 0.05) is 34.3 Å². The lowest BCUT2D eigenvalue weighted by molar-refractivity contribution is -0.117. The molecule has 1 amide bonds. The maximum atomic E-state index is 13.1. The van der Waals surface area contributed by atoms with Crippen LogP contribution in [0.2, 0.25) is 5.02 Å². The normalized spacial score (nSPS) is 13.8. The molecule has 1 aliphatic carbocycles. The number of hydrogen-bond donors (Lipinski definition) is 2. The molecule has 4 rings (SSSR count). The number of rotatable bonds is 6. The molecule has 1 aliphatic rings. The minimum Gasteiger partial charge on any atom is -0.370 e. The molecule has 0 spiro atoms. The van der Waals surface area contributed by atoms with Gasteiger partial charge in [-0.2, -0.15) is 0 Å². The molecule has 154 valence electrons. The van der Waals surface area contributed by atoms with Crippen molar-refractivity contribution in [2.24, 2.45) is 0 Å². The smallest absolute Gasteiger partial charge is 0.247 e.